The summed E-state index contributed by atoms with van der Waals surface area (Å²) in [5, 5.41) is 0. The summed E-state index contributed by atoms with van der Waals surface area (Å²) in [5.74, 6) is -0.753. The van der Waals surface area contributed by atoms with Crippen molar-refractivity contribution >= 4 is 23.7 Å². The summed E-state index contributed by atoms with van der Waals surface area (Å²) >= 11 is 5.49. The smallest absolute Gasteiger partial charge is 0.410 e. The molecule has 7 heteroatoms. The van der Waals surface area contributed by atoms with Gasteiger partial charge in [-0.15, -0.1) is 0 Å². The number of rotatable bonds is 4. The lowest BCUT2D eigenvalue weighted by Crippen LogP contribution is -2.55. The van der Waals surface area contributed by atoms with Crippen LogP contribution in [0.15, 0.2) is 0 Å². The predicted octanol–water partition coefficient (Wildman–Crippen LogP) is 2.69. The minimum absolute atomic E-state index is 0.0733. The molecular formula is C16H29ClN2O4. The SMILES string of the molecule is CC(C)N(C)C1CC(C(=O)OCCl)CN(C(=O)OC(C)(C)C)C1. The van der Waals surface area contributed by atoms with E-state index < -0.39 is 11.7 Å². The molecule has 1 heterocycles. The van der Waals surface area contributed by atoms with Gasteiger partial charge >= 0.3 is 12.1 Å². The first-order valence-corrected chi connectivity index (χ1v) is 8.51. The van der Waals surface area contributed by atoms with Crippen molar-refractivity contribution in [2.45, 2.75) is 58.7 Å². The number of ether oxygens (including phenoxy) is 2. The maximum Gasteiger partial charge on any atom is 0.410 e. The van der Waals surface area contributed by atoms with Crippen molar-refractivity contribution in [1.29, 1.82) is 0 Å². The Morgan fingerprint density at radius 3 is 2.39 bits per heavy atom. The van der Waals surface area contributed by atoms with Crippen LogP contribution in [0.1, 0.15) is 41.0 Å². The van der Waals surface area contributed by atoms with Crippen molar-refractivity contribution in [3.8, 4) is 0 Å². The summed E-state index contributed by atoms with van der Waals surface area (Å²) < 4.78 is 10.4. The fourth-order valence-corrected chi connectivity index (χ4v) is 2.71. The molecule has 23 heavy (non-hydrogen) atoms. The zero-order valence-corrected chi connectivity index (χ0v) is 15.7. The van der Waals surface area contributed by atoms with Crippen molar-refractivity contribution in [3.63, 3.8) is 0 Å². The third-order valence-electron chi connectivity index (χ3n) is 4.00. The van der Waals surface area contributed by atoms with E-state index in [2.05, 4.69) is 18.7 Å². The number of hydrogen-bond acceptors (Lipinski definition) is 5. The van der Waals surface area contributed by atoms with Crippen molar-refractivity contribution < 1.29 is 19.1 Å². The fraction of sp³-hybridized carbons (Fsp3) is 0.875. The number of likely N-dealkylation sites (N-methyl/N-ethyl adjacent to an activating group) is 1. The molecule has 2 atom stereocenters. The normalized spacial score (nSPS) is 22.4. The van der Waals surface area contributed by atoms with Gasteiger partial charge in [-0.1, -0.05) is 11.6 Å². The molecule has 0 N–H and O–H groups in total. The number of nitrogens with zero attached hydrogens (tertiary/aromatic N) is 2. The van der Waals surface area contributed by atoms with Crippen LogP contribution in [0, 0.1) is 5.92 Å². The van der Waals surface area contributed by atoms with E-state index in [0.717, 1.165) is 0 Å². The van der Waals surface area contributed by atoms with Crippen LogP contribution < -0.4 is 0 Å². The summed E-state index contributed by atoms with van der Waals surface area (Å²) in [5.41, 5.74) is -0.569. The molecule has 0 aliphatic carbocycles. The van der Waals surface area contributed by atoms with Gasteiger partial charge in [0.05, 0.1) is 5.92 Å². The Hall–Kier alpha value is -1.01. The second-order valence-corrected chi connectivity index (χ2v) is 7.52. The van der Waals surface area contributed by atoms with Crippen LogP contribution in [-0.4, -0.2) is 65.8 Å². The van der Waals surface area contributed by atoms with E-state index >= 15 is 0 Å². The molecule has 1 saturated heterocycles. The van der Waals surface area contributed by atoms with Gasteiger partial charge in [-0.3, -0.25) is 9.69 Å². The van der Waals surface area contributed by atoms with Crippen molar-refractivity contribution in [3.05, 3.63) is 0 Å². The zero-order chi connectivity index (χ0) is 17.8. The average molecular weight is 349 g/mol. The molecule has 0 aromatic carbocycles. The van der Waals surface area contributed by atoms with Gasteiger partial charge in [-0.25, -0.2) is 4.79 Å². The van der Waals surface area contributed by atoms with E-state index in [1.807, 2.05) is 27.8 Å². The highest BCUT2D eigenvalue weighted by molar-refractivity contribution is 6.17. The van der Waals surface area contributed by atoms with Crippen LogP contribution >= 0.6 is 11.6 Å². The van der Waals surface area contributed by atoms with Crippen LogP contribution in [0.5, 0.6) is 0 Å². The minimum Gasteiger partial charge on any atom is -0.449 e. The van der Waals surface area contributed by atoms with Gasteiger partial charge in [0.2, 0.25) is 0 Å². The van der Waals surface area contributed by atoms with Crippen LogP contribution in [0.4, 0.5) is 4.79 Å². The highest BCUT2D eigenvalue weighted by atomic mass is 35.5. The van der Waals surface area contributed by atoms with Gasteiger partial charge in [0.15, 0.2) is 6.07 Å². The Labute approximate surface area is 144 Å². The van der Waals surface area contributed by atoms with Gasteiger partial charge in [0, 0.05) is 25.2 Å². The van der Waals surface area contributed by atoms with E-state index in [1.54, 1.807) is 4.90 Å². The number of hydrogen-bond donors (Lipinski definition) is 0. The highest BCUT2D eigenvalue weighted by Gasteiger charge is 2.38. The molecule has 0 aromatic heterocycles. The van der Waals surface area contributed by atoms with E-state index in [9.17, 15) is 9.59 Å². The number of piperidine rings is 1. The maximum absolute atomic E-state index is 12.4. The summed E-state index contributed by atoms with van der Waals surface area (Å²) in [6.07, 6.45) is 0.243. The average Bonchev–Trinajstić information content (AvgIpc) is 2.44. The van der Waals surface area contributed by atoms with Gasteiger partial charge in [0.1, 0.15) is 5.60 Å². The molecule has 2 unspecified atom stereocenters. The molecule has 0 spiro atoms. The second kappa shape index (κ2) is 8.20. The molecule has 1 aliphatic rings. The first-order valence-electron chi connectivity index (χ1n) is 7.97. The van der Waals surface area contributed by atoms with E-state index in [4.69, 9.17) is 21.1 Å². The Bertz CT molecular complexity index is 423. The maximum atomic E-state index is 12.4. The lowest BCUT2D eigenvalue weighted by Gasteiger charge is -2.42. The van der Waals surface area contributed by atoms with Crippen LogP contribution in [0.2, 0.25) is 0 Å². The summed E-state index contributed by atoms with van der Waals surface area (Å²) in [7, 11) is 2.00. The Kier molecular flexibility index (Phi) is 7.14. The fourth-order valence-electron chi connectivity index (χ4n) is 2.61. The molecule has 134 valence electrons. The number of amides is 1. The second-order valence-electron chi connectivity index (χ2n) is 7.30. The molecule has 6 nitrogen and oxygen atoms in total. The number of alkyl halides is 1. The molecule has 1 rings (SSSR count). The van der Waals surface area contributed by atoms with Crippen molar-refractivity contribution in [1.82, 2.24) is 9.80 Å². The standard InChI is InChI=1S/C16H29ClN2O4/c1-11(2)18(6)13-7-12(14(20)22-10-17)8-19(9-13)15(21)23-16(3,4)5/h11-13H,7-10H2,1-6H3. The van der Waals surface area contributed by atoms with Crippen LogP contribution in [0.25, 0.3) is 0 Å². The monoisotopic (exact) mass is 348 g/mol. The lowest BCUT2D eigenvalue weighted by molar-refractivity contribution is -0.149. The summed E-state index contributed by atoms with van der Waals surface area (Å²) in [6, 6.07) is 0.208. The van der Waals surface area contributed by atoms with Gasteiger partial charge in [0.25, 0.3) is 0 Å². The third kappa shape index (κ3) is 6.18. The predicted molar refractivity (Wildman–Crippen MR) is 89.4 cm³/mol. The van der Waals surface area contributed by atoms with Crippen LogP contribution in [-0.2, 0) is 14.3 Å². The minimum atomic E-state index is -0.569. The molecule has 1 amide bonds. The topological polar surface area (TPSA) is 59.1 Å². The molecule has 1 aliphatic heterocycles. The molecule has 0 bridgehead atoms. The Morgan fingerprint density at radius 1 is 1.30 bits per heavy atom. The molecule has 1 fully saturated rings. The zero-order valence-electron chi connectivity index (χ0n) is 15.0. The van der Waals surface area contributed by atoms with Gasteiger partial charge < -0.3 is 14.4 Å². The van der Waals surface area contributed by atoms with E-state index in [0.29, 0.717) is 25.6 Å². The molecule has 0 radical (unpaired) electrons. The first-order chi connectivity index (χ1) is 10.5. The van der Waals surface area contributed by atoms with Crippen LogP contribution in [0.3, 0.4) is 0 Å². The largest absolute Gasteiger partial charge is 0.449 e. The van der Waals surface area contributed by atoms with Gasteiger partial charge in [-0.05, 0) is 48.1 Å². The molecule has 0 saturated carbocycles. The summed E-state index contributed by atoms with van der Waals surface area (Å²) in [6.45, 7) is 10.5. The quantitative estimate of drug-likeness (QED) is 0.577. The molecular weight excluding hydrogens is 320 g/mol. The van der Waals surface area contributed by atoms with Crippen molar-refractivity contribution in [2.24, 2.45) is 5.92 Å². The number of likely N-dealkylation sites (tertiary alicyclic amines) is 1. The van der Waals surface area contributed by atoms with E-state index in [1.165, 1.54) is 0 Å². The summed E-state index contributed by atoms with van der Waals surface area (Å²) in [4.78, 5) is 28.2. The number of carbonyl (C=O) groups is 2. The lowest BCUT2D eigenvalue weighted by atomic mass is 9.93. The number of carbonyl (C=O) groups excluding carboxylic acids is 2. The third-order valence-corrected chi connectivity index (χ3v) is 4.11. The number of halogens is 1. The number of esters is 1. The van der Waals surface area contributed by atoms with Gasteiger partial charge in [-0.2, -0.15) is 0 Å². The molecule has 0 aromatic rings. The highest BCUT2D eigenvalue weighted by Crippen LogP contribution is 2.24. The Balaban J connectivity index is 2.88. The van der Waals surface area contributed by atoms with E-state index in [-0.39, 0.29) is 24.0 Å². The van der Waals surface area contributed by atoms with Crippen molar-refractivity contribution in [2.75, 3.05) is 26.2 Å². The Morgan fingerprint density at radius 2 is 1.91 bits per heavy atom. The first kappa shape index (κ1) is 20.0.